The van der Waals surface area contributed by atoms with E-state index < -0.39 is 0 Å². The Labute approximate surface area is 120 Å². The second kappa shape index (κ2) is 5.72. The van der Waals surface area contributed by atoms with E-state index in [2.05, 4.69) is 17.0 Å². The molecule has 4 heteroatoms. The minimum Gasteiger partial charge on any atom is -0.497 e. The predicted octanol–water partition coefficient (Wildman–Crippen LogP) is 1.73. The summed E-state index contributed by atoms with van der Waals surface area (Å²) >= 11 is 0. The van der Waals surface area contributed by atoms with Crippen molar-refractivity contribution in [1.82, 2.24) is 4.90 Å². The Bertz CT molecular complexity index is 478. The molecular weight excluding hydrogens is 252 g/mol. The van der Waals surface area contributed by atoms with Crippen LogP contribution in [0.15, 0.2) is 18.2 Å². The molecule has 0 aromatic heterocycles. The van der Waals surface area contributed by atoms with Gasteiger partial charge in [0.2, 0.25) is 0 Å². The number of hydrogen-bond donors (Lipinski definition) is 1. The van der Waals surface area contributed by atoms with Crippen molar-refractivity contribution in [2.24, 2.45) is 5.73 Å². The van der Waals surface area contributed by atoms with Crippen molar-refractivity contribution < 1.29 is 9.47 Å². The summed E-state index contributed by atoms with van der Waals surface area (Å²) in [6.45, 7) is 2.10. The number of hydrogen-bond acceptors (Lipinski definition) is 4. The van der Waals surface area contributed by atoms with E-state index in [4.69, 9.17) is 15.2 Å². The van der Waals surface area contributed by atoms with Crippen LogP contribution >= 0.6 is 0 Å². The molecule has 2 aliphatic rings. The highest BCUT2D eigenvalue weighted by Gasteiger charge is 2.35. The first-order valence-corrected chi connectivity index (χ1v) is 7.42. The van der Waals surface area contributed by atoms with Gasteiger partial charge in [-0.1, -0.05) is 6.07 Å². The van der Waals surface area contributed by atoms with Crippen LogP contribution in [0.3, 0.4) is 0 Å². The zero-order valence-corrected chi connectivity index (χ0v) is 12.3. The second-order valence-corrected chi connectivity index (χ2v) is 5.84. The quantitative estimate of drug-likeness (QED) is 0.913. The maximum atomic E-state index is 6.54. The Kier molecular flexibility index (Phi) is 3.96. The number of likely N-dealkylation sites (tertiary alicyclic amines) is 1. The number of methoxy groups -OCH3 is 2. The van der Waals surface area contributed by atoms with E-state index in [9.17, 15) is 0 Å². The van der Waals surface area contributed by atoms with E-state index >= 15 is 0 Å². The van der Waals surface area contributed by atoms with Crippen molar-refractivity contribution >= 4 is 0 Å². The fourth-order valence-corrected chi connectivity index (χ4v) is 3.59. The maximum Gasteiger partial charge on any atom is 0.119 e. The summed E-state index contributed by atoms with van der Waals surface area (Å²) < 4.78 is 10.8. The van der Waals surface area contributed by atoms with E-state index in [1.807, 2.05) is 6.07 Å². The zero-order chi connectivity index (χ0) is 14.1. The first-order chi connectivity index (χ1) is 9.72. The molecular formula is C16H24N2O2. The number of fused-ring (bicyclic) bond motifs is 1. The lowest BCUT2D eigenvalue weighted by molar-refractivity contribution is 0.0948. The first kappa shape index (κ1) is 13.9. The molecule has 1 aromatic rings. The Hall–Kier alpha value is -1.10. The van der Waals surface area contributed by atoms with Gasteiger partial charge < -0.3 is 15.2 Å². The average molecular weight is 276 g/mol. The van der Waals surface area contributed by atoms with Crippen LogP contribution in [0, 0.1) is 0 Å². The lowest BCUT2D eigenvalue weighted by Crippen LogP contribution is -2.44. The normalized spacial score (nSPS) is 30.2. The van der Waals surface area contributed by atoms with Gasteiger partial charge in [-0.2, -0.15) is 0 Å². The average Bonchev–Trinajstić information content (AvgIpc) is 2.96. The highest BCUT2D eigenvalue weighted by molar-refractivity contribution is 5.40. The molecule has 0 spiro atoms. The summed E-state index contributed by atoms with van der Waals surface area (Å²) in [6.07, 6.45) is 3.72. The van der Waals surface area contributed by atoms with Crippen molar-refractivity contribution in [3.63, 3.8) is 0 Å². The van der Waals surface area contributed by atoms with Crippen molar-refractivity contribution in [1.29, 1.82) is 0 Å². The molecule has 1 aromatic carbocycles. The summed E-state index contributed by atoms with van der Waals surface area (Å²) in [5.41, 5.74) is 9.17. The number of rotatable bonds is 3. The van der Waals surface area contributed by atoms with Gasteiger partial charge in [0.25, 0.3) is 0 Å². The molecule has 1 heterocycles. The van der Waals surface area contributed by atoms with E-state index in [0.717, 1.165) is 38.1 Å². The third kappa shape index (κ3) is 2.43. The van der Waals surface area contributed by atoms with Gasteiger partial charge in [0.15, 0.2) is 0 Å². The first-order valence-electron chi connectivity index (χ1n) is 7.42. The summed E-state index contributed by atoms with van der Waals surface area (Å²) in [5, 5.41) is 0. The minimum absolute atomic E-state index is 0.0736. The zero-order valence-electron chi connectivity index (χ0n) is 12.3. The van der Waals surface area contributed by atoms with E-state index in [-0.39, 0.29) is 6.04 Å². The molecule has 110 valence electrons. The number of aryl methyl sites for hydroxylation is 1. The fraction of sp³-hybridized carbons (Fsp3) is 0.625. The van der Waals surface area contributed by atoms with Gasteiger partial charge in [-0.15, -0.1) is 0 Å². The Morgan fingerprint density at radius 3 is 2.80 bits per heavy atom. The molecule has 1 aliphatic heterocycles. The molecule has 2 N–H and O–H groups in total. The summed E-state index contributed by atoms with van der Waals surface area (Å²) in [7, 11) is 3.51. The summed E-state index contributed by atoms with van der Waals surface area (Å²) in [5.74, 6) is 0.899. The van der Waals surface area contributed by atoms with Crippen LogP contribution in [0.2, 0.25) is 0 Å². The molecule has 20 heavy (non-hydrogen) atoms. The van der Waals surface area contributed by atoms with Gasteiger partial charge in [-0.25, -0.2) is 0 Å². The monoisotopic (exact) mass is 276 g/mol. The predicted molar refractivity (Wildman–Crippen MR) is 79.0 cm³/mol. The summed E-state index contributed by atoms with van der Waals surface area (Å²) in [6, 6.07) is 6.80. The molecule has 3 unspecified atom stereocenters. The van der Waals surface area contributed by atoms with Gasteiger partial charge in [0.05, 0.1) is 13.2 Å². The molecule has 4 nitrogen and oxygen atoms in total. The second-order valence-electron chi connectivity index (χ2n) is 5.84. The molecule has 0 amide bonds. The molecule has 1 fully saturated rings. The van der Waals surface area contributed by atoms with Gasteiger partial charge >= 0.3 is 0 Å². The number of ether oxygens (including phenoxy) is 2. The van der Waals surface area contributed by atoms with Crippen molar-refractivity contribution in [3.05, 3.63) is 29.3 Å². The number of nitrogens with zero attached hydrogens (tertiary/aromatic N) is 1. The van der Waals surface area contributed by atoms with Crippen LogP contribution < -0.4 is 10.5 Å². The third-order valence-corrected chi connectivity index (χ3v) is 4.81. The van der Waals surface area contributed by atoms with Gasteiger partial charge in [-0.05, 0) is 42.5 Å². The van der Waals surface area contributed by atoms with Crippen LogP contribution in [-0.4, -0.2) is 44.4 Å². The third-order valence-electron chi connectivity index (χ3n) is 4.81. The van der Waals surface area contributed by atoms with Crippen LogP contribution in [0.25, 0.3) is 0 Å². The van der Waals surface area contributed by atoms with Crippen molar-refractivity contribution in [3.8, 4) is 5.75 Å². The highest BCUT2D eigenvalue weighted by atomic mass is 16.5. The van der Waals surface area contributed by atoms with E-state index in [1.165, 1.54) is 11.1 Å². The lowest BCUT2D eigenvalue weighted by atomic mass is 9.83. The van der Waals surface area contributed by atoms with Gasteiger partial charge in [0.1, 0.15) is 5.75 Å². The Balaban J connectivity index is 1.79. The smallest absolute Gasteiger partial charge is 0.119 e. The van der Waals surface area contributed by atoms with Crippen LogP contribution in [0.5, 0.6) is 5.75 Å². The topological polar surface area (TPSA) is 47.7 Å². The largest absolute Gasteiger partial charge is 0.497 e. The number of nitrogens with two attached hydrogens (primary N) is 1. The maximum absolute atomic E-state index is 6.54. The standard InChI is InChI=1S/C16H24N2O2/c1-19-12-5-3-11-4-6-15(16(17)14(11)9-12)18-8-7-13(10-18)20-2/h3,5,9,13,15-16H,4,6-8,10,17H2,1-2H3. The molecule has 0 bridgehead atoms. The van der Waals surface area contributed by atoms with Crippen LogP contribution in [-0.2, 0) is 11.2 Å². The van der Waals surface area contributed by atoms with E-state index in [0.29, 0.717) is 12.1 Å². The molecule has 0 radical (unpaired) electrons. The molecule has 1 saturated heterocycles. The van der Waals surface area contributed by atoms with Crippen molar-refractivity contribution in [2.75, 3.05) is 27.3 Å². The number of benzene rings is 1. The van der Waals surface area contributed by atoms with Crippen LogP contribution in [0.1, 0.15) is 30.0 Å². The Morgan fingerprint density at radius 1 is 1.25 bits per heavy atom. The molecule has 0 saturated carbocycles. The van der Waals surface area contributed by atoms with E-state index in [1.54, 1.807) is 14.2 Å². The highest BCUT2D eigenvalue weighted by Crippen LogP contribution is 2.35. The van der Waals surface area contributed by atoms with Gasteiger partial charge in [0, 0.05) is 32.3 Å². The lowest BCUT2D eigenvalue weighted by Gasteiger charge is -2.37. The SMILES string of the molecule is COc1ccc2c(c1)C(N)C(N1CCC(OC)C1)CC2. The van der Waals surface area contributed by atoms with Crippen LogP contribution in [0.4, 0.5) is 0 Å². The minimum atomic E-state index is 0.0736. The van der Waals surface area contributed by atoms with Crippen molar-refractivity contribution in [2.45, 2.75) is 37.5 Å². The summed E-state index contributed by atoms with van der Waals surface area (Å²) in [4.78, 5) is 2.50. The molecule has 3 rings (SSSR count). The fourth-order valence-electron chi connectivity index (χ4n) is 3.59. The molecule has 1 aliphatic carbocycles. The molecule has 3 atom stereocenters. The van der Waals surface area contributed by atoms with Gasteiger partial charge in [-0.3, -0.25) is 4.90 Å². The Morgan fingerprint density at radius 2 is 2.10 bits per heavy atom.